The smallest absolute Gasteiger partial charge is 0.360 e. The van der Waals surface area contributed by atoms with Gasteiger partial charge >= 0.3 is 12.0 Å². The first-order valence-corrected chi connectivity index (χ1v) is 9.02. The zero-order chi connectivity index (χ0) is 18.9. The Kier molecular flexibility index (Phi) is 7.98. The van der Waals surface area contributed by atoms with Gasteiger partial charge in [-0.05, 0) is 18.4 Å². The highest BCUT2D eigenvalue weighted by atomic mass is 35.5. The van der Waals surface area contributed by atoms with E-state index in [0.29, 0.717) is 23.6 Å². The van der Waals surface area contributed by atoms with Gasteiger partial charge in [-0.15, -0.1) is 11.3 Å². The fraction of sp³-hybridized carbons (Fsp3) is 0.467. The van der Waals surface area contributed by atoms with E-state index < -0.39 is 12.0 Å². The molecule has 1 N–H and O–H groups in total. The number of carbonyl (C=O) groups excluding carboxylic acids is 2. The summed E-state index contributed by atoms with van der Waals surface area (Å²) in [4.78, 5) is 33.4. The number of thiophene rings is 1. The van der Waals surface area contributed by atoms with Gasteiger partial charge in [-0.1, -0.05) is 0 Å². The van der Waals surface area contributed by atoms with E-state index in [4.69, 9.17) is 26.0 Å². The molecular formula is C15H19ClN4O5S. The minimum absolute atomic E-state index is 0.00523. The molecule has 26 heavy (non-hydrogen) atoms. The summed E-state index contributed by atoms with van der Waals surface area (Å²) in [6, 6.07) is 1.07. The van der Waals surface area contributed by atoms with Crippen molar-refractivity contribution in [3.63, 3.8) is 0 Å². The Morgan fingerprint density at radius 1 is 1.31 bits per heavy atom. The van der Waals surface area contributed by atoms with E-state index in [-0.39, 0.29) is 31.3 Å². The Balaban J connectivity index is 2.06. The standard InChI is InChI=1S/C15H19ClN4O5S/c1-3-25-14(21)11-12(18-13-10(17-11)4-9-26-13)19-15(22)20(16)5-6-24-8-7-23-2/h4,9H,3,5-8H2,1-2H3,(H,18,19,22). The molecule has 0 saturated carbocycles. The van der Waals surface area contributed by atoms with Crippen molar-refractivity contribution >= 4 is 51.3 Å². The molecule has 0 aliphatic rings. The maximum Gasteiger partial charge on any atom is 0.360 e. The van der Waals surface area contributed by atoms with E-state index >= 15 is 0 Å². The van der Waals surface area contributed by atoms with E-state index in [9.17, 15) is 9.59 Å². The zero-order valence-corrected chi connectivity index (χ0v) is 15.9. The SMILES string of the molecule is CCOC(=O)c1nc2ccsc2nc1NC(=O)N(Cl)CCOCCOC. The van der Waals surface area contributed by atoms with Crippen molar-refractivity contribution in [1.29, 1.82) is 0 Å². The van der Waals surface area contributed by atoms with Gasteiger partial charge in [-0.25, -0.2) is 24.0 Å². The molecule has 0 aliphatic heterocycles. The van der Waals surface area contributed by atoms with Gasteiger partial charge in [-0.2, -0.15) is 0 Å². The fourth-order valence-corrected chi connectivity index (χ4v) is 2.69. The van der Waals surface area contributed by atoms with Gasteiger partial charge in [-0.3, -0.25) is 5.32 Å². The minimum atomic E-state index is -0.674. The van der Waals surface area contributed by atoms with Crippen LogP contribution >= 0.6 is 23.1 Å². The lowest BCUT2D eigenvalue weighted by molar-refractivity contribution is 0.0521. The van der Waals surface area contributed by atoms with Gasteiger partial charge in [0.2, 0.25) is 0 Å². The van der Waals surface area contributed by atoms with Crippen LogP contribution in [0.15, 0.2) is 11.4 Å². The second-order valence-corrected chi connectivity index (χ2v) is 6.18. The average molecular weight is 403 g/mol. The number of rotatable bonds is 9. The van der Waals surface area contributed by atoms with Crippen LogP contribution in [-0.4, -0.2) is 66.5 Å². The Bertz CT molecular complexity index is 757. The van der Waals surface area contributed by atoms with Gasteiger partial charge < -0.3 is 14.2 Å². The average Bonchev–Trinajstić information content (AvgIpc) is 3.08. The number of nitrogens with zero attached hydrogens (tertiary/aromatic N) is 3. The summed E-state index contributed by atoms with van der Waals surface area (Å²) in [5.74, 6) is -0.679. The topological polar surface area (TPSA) is 103 Å². The van der Waals surface area contributed by atoms with Gasteiger partial charge in [0, 0.05) is 18.9 Å². The summed E-state index contributed by atoms with van der Waals surface area (Å²) >= 11 is 7.27. The molecule has 0 bridgehead atoms. The number of ether oxygens (including phenoxy) is 3. The first-order chi connectivity index (χ1) is 12.6. The monoisotopic (exact) mass is 402 g/mol. The quantitative estimate of drug-likeness (QED) is 0.390. The maximum atomic E-state index is 12.2. The van der Waals surface area contributed by atoms with Crippen LogP contribution in [0.2, 0.25) is 0 Å². The first-order valence-electron chi connectivity index (χ1n) is 7.80. The molecule has 0 spiro atoms. The van der Waals surface area contributed by atoms with Crippen molar-refractivity contribution in [1.82, 2.24) is 14.4 Å². The predicted molar refractivity (Wildman–Crippen MR) is 97.6 cm³/mol. The van der Waals surface area contributed by atoms with Crippen LogP contribution in [0, 0.1) is 0 Å². The van der Waals surface area contributed by atoms with Crippen LogP contribution < -0.4 is 5.32 Å². The number of hydrogen-bond acceptors (Lipinski definition) is 8. The largest absolute Gasteiger partial charge is 0.461 e. The second kappa shape index (κ2) is 10.2. The Hall–Kier alpha value is -2.01. The highest BCUT2D eigenvalue weighted by molar-refractivity contribution is 7.16. The summed E-state index contributed by atoms with van der Waals surface area (Å²) in [5.41, 5.74) is 0.470. The van der Waals surface area contributed by atoms with Gasteiger partial charge in [0.15, 0.2) is 11.5 Å². The number of methoxy groups -OCH3 is 1. The van der Waals surface area contributed by atoms with Crippen LogP contribution in [0.4, 0.5) is 10.6 Å². The van der Waals surface area contributed by atoms with Gasteiger partial charge in [0.05, 0.1) is 33.0 Å². The first kappa shape index (κ1) is 20.3. The normalized spacial score (nSPS) is 10.7. The molecular weight excluding hydrogens is 384 g/mol. The second-order valence-electron chi connectivity index (χ2n) is 4.87. The lowest BCUT2D eigenvalue weighted by atomic mass is 10.4. The zero-order valence-electron chi connectivity index (χ0n) is 14.4. The fourth-order valence-electron chi connectivity index (χ4n) is 1.87. The Labute approximate surface area is 159 Å². The maximum absolute atomic E-state index is 12.2. The molecule has 0 radical (unpaired) electrons. The molecule has 2 aromatic rings. The number of fused-ring (bicyclic) bond motifs is 1. The molecule has 2 amide bonds. The number of urea groups is 1. The molecule has 0 fully saturated rings. The summed E-state index contributed by atoms with van der Waals surface area (Å²) < 4.78 is 16.0. The van der Waals surface area contributed by atoms with Crippen molar-refractivity contribution in [3.8, 4) is 0 Å². The molecule has 2 rings (SSSR count). The number of nitrogens with one attached hydrogen (secondary N) is 1. The van der Waals surface area contributed by atoms with Gasteiger partial charge in [0.1, 0.15) is 10.3 Å². The lowest BCUT2D eigenvalue weighted by Crippen LogP contribution is -2.31. The van der Waals surface area contributed by atoms with E-state index in [1.807, 2.05) is 0 Å². The van der Waals surface area contributed by atoms with E-state index in [0.717, 1.165) is 4.42 Å². The van der Waals surface area contributed by atoms with Crippen LogP contribution in [-0.2, 0) is 14.2 Å². The summed E-state index contributed by atoms with van der Waals surface area (Å²) in [7, 11) is 1.57. The molecule has 0 aliphatic carbocycles. The van der Waals surface area contributed by atoms with E-state index in [1.54, 1.807) is 25.5 Å². The minimum Gasteiger partial charge on any atom is -0.461 e. The molecule has 0 aromatic carbocycles. The number of carbonyl (C=O) groups is 2. The molecule has 9 nitrogen and oxygen atoms in total. The van der Waals surface area contributed by atoms with Crippen molar-refractivity contribution in [2.24, 2.45) is 0 Å². The highest BCUT2D eigenvalue weighted by Crippen LogP contribution is 2.22. The number of hydrogen-bond donors (Lipinski definition) is 1. The molecule has 0 atom stereocenters. The Morgan fingerprint density at radius 2 is 2.12 bits per heavy atom. The summed E-state index contributed by atoms with van der Waals surface area (Å²) in [6.45, 7) is 3.08. The van der Waals surface area contributed by atoms with Crippen LogP contribution in [0.1, 0.15) is 17.4 Å². The molecule has 2 aromatic heterocycles. The van der Waals surface area contributed by atoms with Crippen molar-refractivity contribution < 1.29 is 23.8 Å². The van der Waals surface area contributed by atoms with Crippen LogP contribution in [0.3, 0.4) is 0 Å². The molecule has 11 heteroatoms. The number of halogens is 1. The molecule has 0 unspecified atom stereocenters. The van der Waals surface area contributed by atoms with E-state index in [2.05, 4.69) is 15.3 Å². The number of esters is 1. The van der Waals surface area contributed by atoms with Crippen molar-refractivity contribution in [3.05, 3.63) is 17.1 Å². The number of anilines is 1. The summed E-state index contributed by atoms with van der Waals surface area (Å²) in [5, 5.41) is 4.28. The third kappa shape index (κ3) is 5.49. The molecule has 2 heterocycles. The number of amides is 2. The third-order valence-electron chi connectivity index (χ3n) is 3.07. The van der Waals surface area contributed by atoms with Crippen molar-refractivity contribution in [2.45, 2.75) is 6.92 Å². The van der Waals surface area contributed by atoms with E-state index in [1.165, 1.54) is 11.3 Å². The lowest BCUT2D eigenvalue weighted by Gasteiger charge is -2.15. The predicted octanol–water partition coefficient (Wildman–Crippen LogP) is 2.52. The van der Waals surface area contributed by atoms with Crippen LogP contribution in [0.5, 0.6) is 0 Å². The molecule has 142 valence electrons. The van der Waals surface area contributed by atoms with Crippen LogP contribution in [0.25, 0.3) is 10.3 Å². The van der Waals surface area contributed by atoms with Crippen molar-refractivity contribution in [2.75, 3.05) is 45.4 Å². The highest BCUT2D eigenvalue weighted by Gasteiger charge is 2.21. The Morgan fingerprint density at radius 3 is 2.85 bits per heavy atom. The third-order valence-corrected chi connectivity index (χ3v) is 4.19. The summed E-state index contributed by atoms with van der Waals surface area (Å²) in [6.07, 6.45) is 0. The molecule has 0 saturated heterocycles. The van der Waals surface area contributed by atoms with Gasteiger partial charge in [0.25, 0.3) is 0 Å². The number of aromatic nitrogens is 2.